The molecule has 0 atom stereocenters. The molecule has 6 nitrogen and oxygen atoms in total. The third-order valence-electron chi connectivity index (χ3n) is 2.40. The lowest BCUT2D eigenvalue weighted by Gasteiger charge is -2.09. The molecule has 1 heterocycles. The number of sulfonamides is 1. The van der Waals surface area contributed by atoms with E-state index in [1.807, 2.05) is 13.8 Å². The standard InChI is InChI=1S/C12H21N3O3S/c1-10(2)18-9-4-3-8-15-19(16,17)11-6-5-7-14-12(11)13/h5-7,10,15H,3-4,8-9H2,1-2H3,(H2,13,14). The highest BCUT2D eigenvalue weighted by molar-refractivity contribution is 7.89. The summed E-state index contributed by atoms with van der Waals surface area (Å²) < 4.78 is 31.7. The molecule has 0 aliphatic heterocycles. The Bertz CT molecular complexity index is 489. The predicted molar refractivity (Wildman–Crippen MR) is 74.2 cm³/mol. The van der Waals surface area contributed by atoms with Crippen LogP contribution in [0.3, 0.4) is 0 Å². The molecule has 0 unspecified atom stereocenters. The molecule has 0 aliphatic carbocycles. The SMILES string of the molecule is CC(C)OCCCCNS(=O)(=O)c1cccnc1N. The number of aromatic nitrogens is 1. The summed E-state index contributed by atoms with van der Waals surface area (Å²) in [5, 5.41) is 0. The normalized spacial score (nSPS) is 11.9. The zero-order valence-corrected chi connectivity index (χ0v) is 12.1. The minimum Gasteiger partial charge on any atom is -0.383 e. The van der Waals surface area contributed by atoms with Crippen molar-refractivity contribution < 1.29 is 13.2 Å². The highest BCUT2D eigenvalue weighted by Gasteiger charge is 2.16. The summed E-state index contributed by atoms with van der Waals surface area (Å²) in [6.45, 7) is 4.92. The van der Waals surface area contributed by atoms with Gasteiger partial charge in [-0.25, -0.2) is 18.1 Å². The number of hydrogen-bond donors (Lipinski definition) is 2. The Morgan fingerprint density at radius 3 is 2.79 bits per heavy atom. The molecule has 0 aliphatic rings. The summed E-state index contributed by atoms with van der Waals surface area (Å²) in [6, 6.07) is 2.98. The molecule has 1 aromatic rings. The molecule has 0 aromatic carbocycles. The van der Waals surface area contributed by atoms with Gasteiger partial charge in [0.15, 0.2) is 0 Å². The van der Waals surface area contributed by atoms with Gasteiger partial charge in [-0.3, -0.25) is 0 Å². The number of pyridine rings is 1. The zero-order valence-electron chi connectivity index (χ0n) is 11.3. The molecule has 0 amide bonds. The topological polar surface area (TPSA) is 94.3 Å². The van der Waals surface area contributed by atoms with Gasteiger partial charge in [0.2, 0.25) is 10.0 Å². The first-order valence-electron chi connectivity index (χ1n) is 6.25. The molecule has 0 saturated carbocycles. The fourth-order valence-electron chi connectivity index (χ4n) is 1.46. The van der Waals surface area contributed by atoms with E-state index in [0.717, 1.165) is 6.42 Å². The largest absolute Gasteiger partial charge is 0.383 e. The van der Waals surface area contributed by atoms with Gasteiger partial charge in [0, 0.05) is 19.3 Å². The maximum atomic E-state index is 11.9. The molecule has 19 heavy (non-hydrogen) atoms. The monoisotopic (exact) mass is 287 g/mol. The van der Waals surface area contributed by atoms with E-state index in [1.165, 1.54) is 12.3 Å². The van der Waals surface area contributed by atoms with Gasteiger partial charge in [0.1, 0.15) is 10.7 Å². The van der Waals surface area contributed by atoms with Crippen LogP contribution in [0.2, 0.25) is 0 Å². The van der Waals surface area contributed by atoms with Crippen LogP contribution in [0.25, 0.3) is 0 Å². The van der Waals surface area contributed by atoms with E-state index in [-0.39, 0.29) is 16.8 Å². The van der Waals surface area contributed by atoms with Gasteiger partial charge in [-0.1, -0.05) is 0 Å². The van der Waals surface area contributed by atoms with Gasteiger partial charge in [-0.15, -0.1) is 0 Å². The number of nitrogens with zero attached hydrogens (tertiary/aromatic N) is 1. The molecule has 0 fully saturated rings. The van der Waals surface area contributed by atoms with Crippen LogP contribution < -0.4 is 10.5 Å². The van der Waals surface area contributed by atoms with E-state index < -0.39 is 10.0 Å². The summed E-state index contributed by atoms with van der Waals surface area (Å²) in [5.41, 5.74) is 5.54. The second-order valence-corrected chi connectivity index (χ2v) is 6.15. The maximum absolute atomic E-state index is 11.9. The third kappa shape index (κ3) is 5.54. The van der Waals surface area contributed by atoms with Crippen LogP contribution in [0.15, 0.2) is 23.2 Å². The van der Waals surface area contributed by atoms with E-state index >= 15 is 0 Å². The lowest BCUT2D eigenvalue weighted by Crippen LogP contribution is -2.26. The smallest absolute Gasteiger partial charge is 0.244 e. The first kappa shape index (κ1) is 15.9. The Hall–Kier alpha value is -1.18. The number of rotatable bonds is 8. The van der Waals surface area contributed by atoms with Crippen LogP contribution in [0.5, 0.6) is 0 Å². The van der Waals surface area contributed by atoms with Crippen LogP contribution in [0.4, 0.5) is 5.82 Å². The summed E-state index contributed by atoms with van der Waals surface area (Å²) in [7, 11) is -3.57. The van der Waals surface area contributed by atoms with Gasteiger partial charge >= 0.3 is 0 Å². The number of nitrogens with two attached hydrogens (primary N) is 1. The average molecular weight is 287 g/mol. The zero-order chi connectivity index (χ0) is 14.3. The molecule has 7 heteroatoms. The van der Waals surface area contributed by atoms with Gasteiger partial charge in [0.05, 0.1) is 6.10 Å². The lowest BCUT2D eigenvalue weighted by atomic mass is 10.3. The summed E-state index contributed by atoms with van der Waals surface area (Å²) in [6.07, 6.45) is 3.18. The van der Waals surface area contributed by atoms with Crippen LogP contribution in [-0.4, -0.2) is 32.7 Å². The molecular formula is C12H21N3O3S. The average Bonchev–Trinajstić information content (AvgIpc) is 2.33. The Morgan fingerprint density at radius 2 is 2.16 bits per heavy atom. The first-order valence-corrected chi connectivity index (χ1v) is 7.73. The fourth-order valence-corrected chi connectivity index (χ4v) is 2.61. The van der Waals surface area contributed by atoms with Crippen molar-refractivity contribution in [2.45, 2.75) is 37.7 Å². The van der Waals surface area contributed by atoms with Gasteiger partial charge in [-0.2, -0.15) is 0 Å². The van der Waals surface area contributed by atoms with Crippen LogP contribution in [-0.2, 0) is 14.8 Å². The first-order chi connectivity index (χ1) is 8.93. The van der Waals surface area contributed by atoms with Gasteiger partial charge in [-0.05, 0) is 38.8 Å². The summed E-state index contributed by atoms with van der Waals surface area (Å²) in [4.78, 5) is 3.78. The fraction of sp³-hybridized carbons (Fsp3) is 0.583. The minimum absolute atomic E-state index is 0.0122. The van der Waals surface area contributed by atoms with E-state index in [1.54, 1.807) is 6.07 Å². The van der Waals surface area contributed by atoms with Crippen molar-refractivity contribution in [3.8, 4) is 0 Å². The van der Waals surface area contributed by atoms with E-state index in [2.05, 4.69) is 9.71 Å². The molecule has 0 bridgehead atoms. The number of nitrogens with one attached hydrogen (secondary N) is 1. The number of unbranched alkanes of at least 4 members (excludes halogenated alkanes) is 1. The van der Waals surface area contributed by atoms with Crippen LogP contribution >= 0.6 is 0 Å². The molecule has 0 saturated heterocycles. The van der Waals surface area contributed by atoms with Crippen LogP contribution in [0, 0.1) is 0 Å². The van der Waals surface area contributed by atoms with Crippen molar-refractivity contribution in [2.24, 2.45) is 0 Å². The molecule has 0 spiro atoms. The summed E-state index contributed by atoms with van der Waals surface area (Å²) >= 11 is 0. The molecule has 3 N–H and O–H groups in total. The summed E-state index contributed by atoms with van der Waals surface area (Å²) in [5.74, 6) is 0.0122. The van der Waals surface area contributed by atoms with E-state index in [9.17, 15) is 8.42 Å². The maximum Gasteiger partial charge on any atom is 0.244 e. The van der Waals surface area contributed by atoms with Crippen molar-refractivity contribution in [3.05, 3.63) is 18.3 Å². The second-order valence-electron chi connectivity index (χ2n) is 4.41. The Labute approximate surface area is 114 Å². The van der Waals surface area contributed by atoms with Crippen LogP contribution in [0.1, 0.15) is 26.7 Å². The Kier molecular flexibility index (Phi) is 6.20. The molecule has 0 radical (unpaired) electrons. The predicted octanol–water partition coefficient (Wildman–Crippen LogP) is 1.15. The number of nitrogen functional groups attached to an aromatic ring is 1. The highest BCUT2D eigenvalue weighted by atomic mass is 32.2. The third-order valence-corrected chi connectivity index (χ3v) is 3.91. The number of hydrogen-bond acceptors (Lipinski definition) is 5. The quantitative estimate of drug-likeness (QED) is 0.699. The van der Waals surface area contributed by atoms with Gasteiger partial charge < -0.3 is 10.5 Å². The Balaban J connectivity index is 2.38. The molecule has 108 valence electrons. The number of anilines is 1. The number of ether oxygens (including phenoxy) is 1. The van der Waals surface area contributed by atoms with Crippen molar-refractivity contribution in [1.29, 1.82) is 0 Å². The van der Waals surface area contributed by atoms with E-state index in [4.69, 9.17) is 10.5 Å². The highest BCUT2D eigenvalue weighted by Crippen LogP contribution is 2.13. The molecule has 1 aromatic heterocycles. The Morgan fingerprint density at radius 1 is 1.42 bits per heavy atom. The van der Waals surface area contributed by atoms with E-state index in [0.29, 0.717) is 19.6 Å². The van der Waals surface area contributed by atoms with Crippen molar-refractivity contribution in [2.75, 3.05) is 18.9 Å². The van der Waals surface area contributed by atoms with Crippen molar-refractivity contribution in [1.82, 2.24) is 9.71 Å². The second kappa shape index (κ2) is 7.42. The lowest BCUT2D eigenvalue weighted by molar-refractivity contribution is 0.0762. The molecule has 1 rings (SSSR count). The van der Waals surface area contributed by atoms with Crippen molar-refractivity contribution >= 4 is 15.8 Å². The minimum atomic E-state index is -3.57. The van der Waals surface area contributed by atoms with Gasteiger partial charge in [0.25, 0.3) is 0 Å². The molecular weight excluding hydrogens is 266 g/mol. The van der Waals surface area contributed by atoms with Crippen molar-refractivity contribution in [3.63, 3.8) is 0 Å².